The Labute approximate surface area is 373 Å². The second kappa shape index (κ2) is 49.7. The lowest BCUT2D eigenvalue weighted by atomic mass is 10.0. The SMILES string of the molecule is CC/C=C/CC/C=C/CC/C=C/C(O)C(CO)NC(=O)C(O)CCCCCCCCCCCCCCCCCC/C=C\C/C=C\CCCCCCCCCCCCCCC. The van der Waals surface area contributed by atoms with Gasteiger partial charge in [0.25, 0.3) is 0 Å². The number of amides is 1. The Hall–Kier alpha value is -1.95. The van der Waals surface area contributed by atoms with E-state index >= 15 is 0 Å². The van der Waals surface area contributed by atoms with Gasteiger partial charge in [-0.1, -0.05) is 248 Å². The first kappa shape index (κ1) is 58.0. The summed E-state index contributed by atoms with van der Waals surface area (Å²) >= 11 is 0. The van der Waals surface area contributed by atoms with Crippen molar-refractivity contribution < 1.29 is 20.1 Å². The van der Waals surface area contributed by atoms with Crippen LogP contribution in [0.25, 0.3) is 0 Å². The lowest BCUT2D eigenvalue weighted by Gasteiger charge is -2.21. The van der Waals surface area contributed by atoms with Crippen molar-refractivity contribution in [2.24, 2.45) is 0 Å². The fourth-order valence-electron chi connectivity index (χ4n) is 7.79. The highest BCUT2D eigenvalue weighted by Crippen LogP contribution is 2.16. The zero-order chi connectivity index (χ0) is 43.7. The van der Waals surface area contributed by atoms with Gasteiger partial charge in [0.2, 0.25) is 5.91 Å². The van der Waals surface area contributed by atoms with E-state index in [1.165, 1.54) is 180 Å². The Bertz CT molecular complexity index is 1020. The largest absolute Gasteiger partial charge is 0.394 e. The zero-order valence-electron chi connectivity index (χ0n) is 39.8. The first-order valence-corrected chi connectivity index (χ1v) is 26.1. The van der Waals surface area contributed by atoms with Gasteiger partial charge in [-0.15, -0.1) is 0 Å². The number of hydrogen-bond donors (Lipinski definition) is 4. The minimum Gasteiger partial charge on any atom is -0.394 e. The molecular formula is C55H101NO4. The second-order valence-corrected chi connectivity index (χ2v) is 17.7. The maximum Gasteiger partial charge on any atom is 0.249 e. The van der Waals surface area contributed by atoms with Crippen LogP contribution in [0.5, 0.6) is 0 Å². The maximum absolute atomic E-state index is 12.4. The summed E-state index contributed by atoms with van der Waals surface area (Å²) in [6.07, 6.45) is 67.5. The van der Waals surface area contributed by atoms with Crippen molar-refractivity contribution in [3.63, 3.8) is 0 Å². The molecule has 5 nitrogen and oxygen atoms in total. The minimum atomic E-state index is -1.11. The molecule has 5 heteroatoms. The first-order valence-electron chi connectivity index (χ1n) is 26.1. The molecule has 0 saturated carbocycles. The van der Waals surface area contributed by atoms with E-state index < -0.39 is 24.2 Å². The minimum absolute atomic E-state index is 0.383. The summed E-state index contributed by atoms with van der Waals surface area (Å²) in [6.45, 7) is 4.05. The third-order valence-electron chi connectivity index (χ3n) is 11.8. The van der Waals surface area contributed by atoms with Crippen molar-refractivity contribution in [1.82, 2.24) is 5.32 Å². The molecule has 0 fully saturated rings. The summed E-state index contributed by atoms with van der Waals surface area (Å²) in [6, 6.07) is -0.821. The number of carbonyl (C=O) groups excluding carboxylic acids is 1. The van der Waals surface area contributed by atoms with Crippen LogP contribution in [0, 0.1) is 0 Å². The van der Waals surface area contributed by atoms with E-state index in [4.69, 9.17) is 0 Å². The average Bonchev–Trinajstić information content (AvgIpc) is 3.25. The maximum atomic E-state index is 12.4. The van der Waals surface area contributed by atoms with Crippen LogP contribution in [0.4, 0.5) is 0 Å². The van der Waals surface area contributed by atoms with Gasteiger partial charge in [-0.25, -0.2) is 0 Å². The Morgan fingerprint density at radius 1 is 0.433 bits per heavy atom. The van der Waals surface area contributed by atoms with Crippen molar-refractivity contribution in [2.45, 2.75) is 276 Å². The van der Waals surface area contributed by atoms with Crippen LogP contribution in [0.2, 0.25) is 0 Å². The van der Waals surface area contributed by atoms with Crippen molar-refractivity contribution >= 4 is 5.91 Å². The molecule has 3 unspecified atom stereocenters. The molecule has 0 aromatic carbocycles. The van der Waals surface area contributed by atoms with Gasteiger partial charge in [0.05, 0.1) is 18.8 Å². The molecule has 60 heavy (non-hydrogen) atoms. The molecule has 3 atom stereocenters. The van der Waals surface area contributed by atoms with Crippen LogP contribution < -0.4 is 5.32 Å². The zero-order valence-corrected chi connectivity index (χ0v) is 39.8. The molecular weight excluding hydrogens is 739 g/mol. The van der Waals surface area contributed by atoms with Gasteiger partial charge in [-0.3, -0.25) is 4.79 Å². The van der Waals surface area contributed by atoms with Crippen molar-refractivity contribution in [1.29, 1.82) is 0 Å². The molecule has 1 amide bonds. The second-order valence-electron chi connectivity index (χ2n) is 17.7. The van der Waals surface area contributed by atoms with Gasteiger partial charge in [-0.2, -0.15) is 0 Å². The molecule has 0 aromatic rings. The smallest absolute Gasteiger partial charge is 0.249 e. The standard InChI is InChI=1S/C55H101NO4/c1-3-5-7-9-11-13-15-16-17-18-19-20-21-22-23-24-25-26-27-28-29-30-31-32-33-34-35-36-37-38-39-40-42-44-46-48-50-54(59)55(60)56-52(51-57)53(58)49-47-45-43-41-14-12-10-8-6-4-2/h6,8,14,23-24,26-27,41,47,49,52-54,57-59H,3-5,7,9-13,15-22,25,28-40,42-46,48,50-51H2,1-2H3,(H,56,60)/b8-6+,24-23-,27-26-,41-14+,49-47+. The molecule has 4 N–H and O–H groups in total. The highest BCUT2D eigenvalue weighted by molar-refractivity contribution is 5.80. The van der Waals surface area contributed by atoms with Crippen molar-refractivity contribution in [3.8, 4) is 0 Å². The summed E-state index contributed by atoms with van der Waals surface area (Å²) in [7, 11) is 0. The van der Waals surface area contributed by atoms with E-state index in [1.807, 2.05) is 6.08 Å². The fourth-order valence-corrected chi connectivity index (χ4v) is 7.79. The van der Waals surface area contributed by atoms with E-state index in [0.717, 1.165) is 57.8 Å². The summed E-state index contributed by atoms with van der Waals surface area (Å²) < 4.78 is 0. The number of rotatable bonds is 47. The molecule has 0 rings (SSSR count). The molecule has 0 radical (unpaired) electrons. The Balaban J connectivity index is 3.50. The van der Waals surface area contributed by atoms with Gasteiger partial charge in [0.15, 0.2) is 0 Å². The van der Waals surface area contributed by atoms with Gasteiger partial charge in [0, 0.05) is 0 Å². The van der Waals surface area contributed by atoms with E-state index in [9.17, 15) is 20.1 Å². The predicted molar refractivity (Wildman–Crippen MR) is 264 cm³/mol. The number of carbonyl (C=O) groups is 1. The Morgan fingerprint density at radius 2 is 0.783 bits per heavy atom. The van der Waals surface area contributed by atoms with Crippen LogP contribution in [0.3, 0.4) is 0 Å². The Kier molecular flexibility index (Phi) is 48.1. The van der Waals surface area contributed by atoms with Gasteiger partial charge in [-0.05, 0) is 70.6 Å². The van der Waals surface area contributed by atoms with Crippen LogP contribution in [0.15, 0.2) is 60.8 Å². The molecule has 0 bridgehead atoms. The molecule has 0 aliphatic carbocycles. The first-order chi connectivity index (χ1) is 29.6. The van der Waals surface area contributed by atoms with Crippen LogP contribution in [0.1, 0.15) is 258 Å². The molecule has 0 aromatic heterocycles. The lowest BCUT2D eigenvalue weighted by molar-refractivity contribution is -0.131. The highest BCUT2D eigenvalue weighted by atomic mass is 16.3. The molecule has 350 valence electrons. The van der Waals surface area contributed by atoms with E-state index in [1.54, 1.807) is 6.08 Å². The predicted octanol–water partition coefficient (Wildman–Crippen LogP) is 15.8. The summed E-state index contributed by atoms with van der Waals surface area (Å²) in [4.78, 5) is 12.4. The normalized spacial score (nSPS) is 13.9. The van der Waals surface area contributed by atoms with E-state index in [2.05, 4.69) is 67.8 Å². The van der Waals surface area contributed by atoms with Crippen LogP contribution >= 0.6 is 0 Å². The summed E-state index contributed by atoms with van der Waals surface area (Å²) in [5.41, 5.74) is 0. The van der Waals surface area contributed by atoms with Crippen LogP contribution in [-0.4, -0.2) is 46.1 Å². The summed E-state index contributed by atoms with van der Waals surface area (Å²) in [5, 5.41) is 33.0. The van der Waals surface area contributed by atoms with Gasteiger partial charge in [0.1, 0.15) is 6.10 Å². The quantitative estimate of drug-likeness (QED) is 0.0363. The van der Waals surface area contributed by atoms with Crippen LogP contribution in [-0.2, 0) is 4.79 Å². The Morgan fingerprint density at radius 3 is 1.18 bits per heavy atom. The molecule has 0 spiro atoms. The average molecular weight is 840 g/mol. The number of aliphatic hydroxyl groups is 3. The monoisotopic (exact) mass is 840 g/mol. The molecule has 0 saturated heterocycles. The third-order valence-corrected chi connectivity index (χ3v) is 11.8. The number of allylic oxidation sites excluding steroid dienone is 9. The molecule has 0 aliphatic rings. The number of unbranched alkanes of at least 4 members (excludes halogenated alkanes) is 31. The third kappa shape index (κ3) is 44.1. The lowest BCUT2D eigenvalue weighted by Crippen LogP contribution is -2.48. The highest BCUT2D eigenvalue weighted by Gasteiger charge is 2.22. The molecule has 0 aliphatic heterocycles. The fraction of sp³-hybridized carbons (Fsp3) is 0.800. The van der Waals surface area contributed by atoms with E-state index in [-0.39, 0.29) is 6.61 Å². The van der Waals surface area contributed by atoms with E-state index in [0.29, 0.717) is 6.42 Å². The topological polar surface area (TPSA) is 89.8 Å². The molecule has 0 heterocycles. The summed E-state index contributed by atoms with van der Waals surface area (Å²) in [5.74, 6) is -0.520. The number of hydrogen-bond acceptors (Lipinski definition) is 4. The van der Waals surface area contributed by atoms with Gasteiger partial charge < -0.3 is 20.6 Å². The van der Waals surface area contributed by atoms with Gasteiger partial charge >= 0.3 is 0 Å². The number of aliphatic hydroxyl groups excluding tert-OH is 3. The van der Waals surface area contributed by atoms with Crippen molar-refractivity contribution in [3.05, 3.63) is 60.8 Å². The van der Waals surface area contributed by atoms with Crippen molar-refractivity contribution in [2.75, 3.05) is 6.61 Å². The number of nitrogens with one attached hydrogen (secondary N) is 1.